The smallest absolute Gasteiger partial charge is 0.391 e. The summed E-state index contributed by atoms with van der Waals surface area (Å²) in [4.78, 5) is 28.0. The number of anilines is 2. The Morgan fingerprint density at radius 1 is 1.04 bits per heavy atom. The van der Waals surface area contributed by atoms with Gasteiger partial charge in [0.1, 0.15) is 18.6 Å². The zero-order chi connectivity index (χ0) is 19.7. The normalized spacial score (nSPS) is 11.1. The third-order valence-electron chi connectivity index (χ3n) is 4.48. The summed E-state index contributed by atoms with van der Waals surface area (Å²) >= 11 is 0. The Kier molecular flexibility index (Phi) is 4.40. The van der Waals surface area contributed by atoms with Gasteiger partial charge in [-0.3, -0.25) is 9.36 Å². The molecule has 0 spiro atoms. The molecular formula is C19H18N6O3. The van der Waals surface area contributed by atoms with E-state index in [0.717, 1.165) is 16.3 Å². The van der Waals surface area contributed by atoms with Crippen LogP contribution in [-0.4, -0.2) is 19.3 Å². The molecule has 0 aliphatic carbocycles. The Morgan fingerprint density at radius 3 is 2.64 bits per heavy atom. The average molecular weight is 378 g/mol. The van der Waals surface area contributed by atoms with Crippen LogP contribution in [0.3, 0.4) is 0 Å². The molecule has 9 nitrogen and oxygen atoms in total. The largest absolute Gasteiger partial charge is 0.437 e. The molecule has 0 atom stereocenters. The van der Waals surface area contributed by atoms with Crippen LogP contribution in [0.1, 0.15) is 11.5 Å². The molecule has 0 aliphatic heterocycles. The number of nitrogens with two attached hydrogens (primary N) is 2. The van der Waals surface area contributed by atoms with Crippen LogP contribution in [0.25, 0.3) is 10.8 Å². The molecule has 2 aromatic carbocycles. The van der Waals surface area contributed by atoms with Crippen LogP contribution in [0.15, 0.2) is 62.8 Å². The highest BCUT2D eigenvalue weighted by Gasteiger charge is 2.12. The predicted molar refractivity (Wildman–Crippen MR) is 105 cm³/mol. The zero-order valence-corrected chi connectivity index (χ0v) is 14.9. The molecule has 9 heteroatoms. The molecule has 0 saturated heterocycles. The number of benzene rings is 2. The maximum Gasteiger partial charge on any atom is 0.437 e. The van der Waals surface area contributed by atoms with Gasteiger partial charge in [0, 0.05) is 0 Å². The molecular weight excluding hydrogens is 360 g/mol. The first-order valence-electron chi connectivity index (χ1n) is 8.66. The Balaban J connectivity index is 1.50. The van der Waals surface area contributed by atoms with Gasteiger partial charge in [-0.1, -0.05) is 42.5 Å². The molecule has 0 radical (unpaired) electrons. The van der Waals surface area contributed by atoms with Crippen LogP contribution in [0.2, 0.25) is 0 Å². The first kappa shape index (κ1) is 17.5. The van der Waals surface area contributed by atoms with Gasteiger partial charge in [0.15, 0.2) is 5.82 Å². The first-order chi connectivity index (χ1) is 13.5. The molecule has 2 heterocycles. The van der Waals surface area contributed by atoms with Crippen LogP contribution in [-0.2, 0) is 19.5 Å². The maximum atomic E-state index is 12.1. The quantitative estimate of drug-likeness (QED) is 0.529. The summed E-state index contributed by atoms with van der Waals surface area (Å²) < 4.78 is 7.56. The van der Waals surface area contributed by atoms with Crippen molar-refractivity contribution in [2.75, 3.05) is 11.5 Å². The van der Waals surface area contributed by atoms with Crippen LogP contribution < -0.4 is 22.8 Å². The second-order valence-electron chi connectivity index (χ2n) is 6.39. The number of rotatable bonds is 5. The van der Waals surface area contributed by atoms with E-state index in [2.05, 4.69) is 16.1 Å². The van der Waals surface area contributed by atoms with Gasteiger partial charge < -0.3 is 15.9 Å². The molecule has 0 bridgehead atoms. The van der Waals surface area contributed by atoms with Crippen LogP contribution in [0.4, 0.5) is 11.5 Å². The Bertz CT molecular complexity index is 1270. The van der Waals surface area contributed by atoms with Crippen LogP contribution in [0.5, 0.6) is 0 Å². The molecule has 142 valence electrons. The van der Waals surface area contributed by atoms with Gasteiger partial charge in [0.2, 0.25) is 5.89 Å². The van der Waals surface area contributed by atoms with Crippen molar-refractivity contribution < 1.29 is 4.42 Å². The van der Waals surface area contributed by atoms with E-state index in [9.17, 15) is 9.59 Å². The third-order valence-corrected chi connectivity index (χ3v) is 4.48. The van der Waals surface area contributed by atoms with E-state index in [1.165, 1.54) is 15.6 Å². The summed E-state index contributed by atoms with van der Waals surface area (Å²) in [5.74, 6) is -0.527. The van der Waals surface area contributed by atoms with E-state index in [1.807, 2.05) is 36.4 Å². The summed E-state index contributed by atoms with van der Waals surface area (Å²) in [6.07, 6.45) is 1.86. The molecule has 4 aromatic rings. The lowest BCUT2D eigenvalue weighted by Crippen LogP contribution is -2.25. The van der Waals surface area contributed by atoms with Crippen molar-refractivity contribution in [2.24, 2.45) is 0 Å². The highest BCUT2D eigenvalue weighted by molar-refractivity contribution is 5.82. The van der Waals surface area contributed by atoms with E-state index < -0.39 is 11.3 Å². The number of aryl methyl sites for hydroxylation is 2. The summed E-state index contributed by atoms with van der Waals surface area (Å²) in [5, 5.41) is 6.45. The molecule has 0 fully saturated rings. The van der Waals surface area contributed by atoms with E-state index in [4.69, 9.17) is 15.9 Å². The van der Waals surface area contributed by atoms with Crippen LogP contribution in [0, 0.1) is 0 Å². The maximum absolute atomic E-state index is 12.1. The van der Waals surface area contributed by atoms with Gasteiger partial charge in [-0.25, -0.2) is 9.78 Å². The van der Waals surface area contributed by atoms with Crippen molar-refractivity contribution in [3.05, 3.63) is 81.2 Å². The fourth-order valence-corrected chi connectivity index (χ4v) is 2.96. The highest BCUT2D eigenvalue weighted by atomic mass is 16.4. The third kappa shape index (κ3) is 3.37. The van der Waals surface area contributed by atoms with Gasteiger partial charge >= 0.3 is 5.76 Å². The summed E-state index contributed by atoms with van der Waals surface area (Å²) in [6.45, 7) is 0.298. The highest BCUT2D eigenvalue weighted by Crippen LogP contribution is 2.16. The molecule has 4 N–H and O–H groups in total. The topological polar surface area (TPSA) is 135 Å². The van der Waals surface area contributed by atoms with Gasteiger partial charge in [-0.15, -0.1) is 5.10 Å². The Hall–Kier alpha value is -3.88. The minimum atomic E-state index is -0.583. The number of hydrogen-bond acceptors (Lipinski definition) is 7. The molecule has 2 aromatic heterocycles. The number of nitrogens with zero attached hydrogens (tertiary/aromatic N) is 4. The Morgan fingerprint density at radius 2 is 1.82 bits per heavy atom. The second kappa shape index (κ2) is 7.03. The summed E-state index contributed by atoms with van der Waals surface area (Å²) in [5.41, 5.74) is 11.5. The molecule has 4 rings (SSSR count). The predicted octanol–water partition coefficient (Wildman–Crippen LogP) is 1.00. The van der Waals surface area contributed by atoms with E-state index >= 15 is 0 Å². The average Bonchev–Trinajstić information content (AvgIpc) is 3.06. The van der Waals surface area contributed by atoms with Gasteiger partial charge in [-0.2, -0.15) is 4.68 Å². The minimum Gasteiger partial charge on any atom is -0.391 e. The molecule has 0 unspecified atom stereocenters. The van der Waals surface area contributed by atoms with E-state index in [-0.39, 0.29) is 23.9 Å². The number of nitrogen functional groups attached to an aromatic ring is 2. The zero-order valence-electron chi connectivity index (χ0n) is 14.9. The van der Waals surface area contributed by atoms with Crippen molar-refractivity contribution >= 4 is 22.3 Å². The number of aromatic nitrogens is 4. The van der Waals surface area contributed by atoms with Gasteiger partial charge in [0.05, 0.1) is 6.54 Å². The molecule has 0 saturated carbocycles. The summed E-state index contributed by atoms with van der Waals surface area (Å²) in [7, 11) is 0. The van der Waals surface area contributed by atoms with Gasteiger partial charge in [0.25, 0.3) is 5.56 Å². The van der Waals surface area contributed by atoms with Gasteiger partial charge in [-0.05, 0) is 22.8 Å². The lowest BCUT2D eigenvalue weighted by Gasteiger charge is -2.04. The van der Waals surface area contributed by atoms with Crippen molar-refractivity contribution in [2.45, 2.75) is 19.5 Å². The minimum absolute atomic E-state index is 0.0383. The molecule has 0 aliphatic rings. The van der Waals surface area contributed by atoms with Crippen molar-refractivity contribution in [1.29, 1.82) is 0 Å². The number of fused-ring (bicyclic) bond motifs is 1. The first-order valence-corrected chi connectivity index (χ1v) is 8.66. The van der Waals surface area contributed by atoms with Crippen LogP contribution >= 0.6 is 0 Å². The van der Waals surface area contributed by atoms with E-state index in [0.29, 0.717) is 13.0 Å². The molecule has 28 heavy (non-hydrogen) atoms. The fourth-order valence-electron chi connectivity index (χ4n) is 2.96. The summed E-state index contributed by atoms with van der Waals surface area (Å²) in [6, 6.07) is 14.2. The second-order valence-corrected chi connectivity index (χ2v) is 6.39. The standard InChI is InChI=1S/C19H18N6O3/c20-16-17(21)22-11-24(18(16)26)10-15-23-25(19(27)28-15)8-7-12-5-6-13-3-1-2-4-14(13)9-12/h1-6,9,11H,7-8,10,20-21H2. The SMILES string of the molecule is Nc1ncn(Cc2nn(CCc3ccc4ccccc4c3)c(=O)o2)c(=O)c1N. The monoisotopic (exact) mass is 378 g/mol. The fraction of sp³-hybridized carbons (Fsp3) is 0.158. The van der Waals surface area contributed by atoms with Crippen molar-refractivity contribution in [3.63, 3.8) is 0 Å². The van der Waals surface area contributed by atoms with Crippen molar-refractivity contribution in [3.8, 4) is 0 Å². The lowest BCUT2D eigenvalue weighted by atomic mass is 10.1. The lowest BCUT2D eigenvalue weighted by molar-refractivity contribution is 0.434. The van der Waals surface area contributed by atoms with E-state index in [1.54, 1.807) is 0 Å². The molecule has 0 amide bonds. The number of hydrogen-bond donors (Lipinski definition) is 2. The Labute approximate surface area is 158 Å². The van der Waals surface area contributed by atoms with Crippen molar-refractivity contribution in [1.82, 2.24) is 19.3 Å².